The molecule has 0 radical (unpaired) electrons. The van der Waals surface area contributed by atoms with Crippen LogP contribution in [0, 0.1) is 0 Å². The molecular weight excluding hydrogens is 572 g/mol. The Morgan fingerprint density at radius 1 is 0.565 bits per heavy atom. The molecule has 0 aliphatic carbocycles. The summed E-state index contributed by atoms with van der Waals surface area (Å²) in [7, 11) is 0. The first-order valence-electron chi connectivity index (χ1n) is 16.5. The van der Waals surface area contributed by atoms with Crippen LogP contribution in [0.5, 0.6) is 0 Å². The lowest BCUT2D eigenvalue weighted by atomic mass is 9.81. The normalized spacial score (nSPS) is 20.8. The molecule has 6 heteroatoms. The van der Waals surface area contributed by atoms with E-state index in [1.807, 2.05) is 42.5 Å². The van der Waals surface area contributed by atoms with E-state index in [9.17, 15) is 9.59 Å². The Kier molecular flexibility index (Phi) is 8.05. The molecule has 46 heavy (non-hydrogen) atoms. The molecule has 242 valence electrons. The zero-order valence-electron chi connectivity index (χ0n) is 28.5. The van der Waals surface area contributed by atoms with Crippen LogP contribution in [0.25, 0.3) is 32.7 Å². The zero-order valence-corrected chi connectivity index (χ0v) is 28.5. The van der Waals surface area contributed by atoms with Crippen molar-refractivity contribution in [3.8, 4) is 11.1 Å². The molecule has 2 N–H and O–H groups in total. The molecule has 0 amide bonds. The largest absolute Gasteiger partial charge is 0.459 e. The number of rotatable bonds is 5. The Hall–Kier alpha value is -3.74. The fourth-order valence-electron chi connectivity index (χ4n) is 8.25. The molecule has 6 rings (SSSR count). The van der Waals surface area contributed by atoms with Gasteiger partial charge in [-0.25, -0.2) is 9.59 Å². The highest BCUT2D eigenvalue weighted by atomic mass is 16.5. The molecule has 2 aliphatic heterocycles. The van der Waals surface area contributed by atoms with Crippen molar-refractivity contribution < 1.29 is 19.1 Å². The second-order valence-corrected chi connectivity index (χ2v) is 16.2. The number of carbonyl (C=O) groups excluding carboxylic acids is 2. The van der Waals surface area contributed by atoms with Gasteiger partial charge in [-0.3, -0.25) is 0 Å². The van der Waals surface area contributed by atoms with Crippen LogP contribution in [0.4, 0.5) is 0 Å². The van der Waals surface area contributed by atoms with Gasteiger partial charge in [0, 0.05) is 47.8 Å². The molecule has 4 aromatic rings. The van der Waals surface area contributed by atoms with Gasteiger partial charge in [-0.05, 0) is 118 Å². The quantitative estimate of drug-likeness (QED) is 0.218. The number of benzene rings is 4. The predicted molar refractivity (Wildman–Crippen MR) is 186 cm³/mol. The lowest BCUT2D eigenvalue weighted by molar-refractivity contribution is -0.00756. The maximum absolute atomic E-state index is 13.4. The summed E-state index contributed by atoms with van der Waals surface area (Å²) >= 11 is 0. The number of carbonyl (C=O) groups is 2. The van der Waals surface area contributed by atoms with Gasteiger partial charge in [0.1, 0.15) is 12.2 Å². The third-order valence-corrected chi connectivity index (χ3v) is 9.36. The molecule has 0 atom stereocenters. The van der Waals surface area contributed by atoms with Gasteiger partial charge in [0.25, 0.3) is 0 Å². The van der Waals surface area contributed by atoms with Gasteiger partial charge in [0.05, 0.1) is 11.1 Å². The summed E-state index contributed by atoms with van der Waals surface area (Å²) in [5.74, 6) is -0.564. The molecular formula is C40H48N2O4. The highest BCUT2D eigenvalue weighted by molar-refractivity contribution is 6.05. The van der Waals surface area contributed by atoms with Crippen molar-refractivity contribution in [3.63, 3.8) is 0 Å². The third kappa shape index (κ3) is 7.13. The van der Waals surface area contributed by atoms with E-state index < -0.39 is 0 Å². The molecule has 2 fully saturated rings. The van der Waals surface area contributed by atoms with E-state index in [0.29, 0.717) is 11.1 Å². The molecule has 4 aromatic carbocycles. The summed E-state index contributed by atoms with van der Waals surface area (Å²) < 4.78 is 12.1. The highest BCUT2D eigenvalue weighted by Gasteiger charge is 2.40. The molecule has 0 unspecified atom stereocenters. The monoisotopic (exact) mass is 620 g/mol. The Morgan fingerprint density at radius 3 is 1.65 bits per heavy atom. The summed E-state index contributed by atoms with van der Waals surface area (Å²) in [5.41, 5.74) is 2.79. The van der Waals surface area contributed by atoms with Crippen molar-refractivity contribution >= 4 is 33.5 Å². The van der Waals surface area contributed by atoms with Crippen LogP contribution >= 0.6 is 0 Å². The fourth-order valence-corrected chi connectivity index (χ4v) is 8.25. The molecule has 0 bridgehead atoms. The van der Waals surface area contributed by atoms with E-state index in [2.05, 4.69) is 96.4 Å². The Bertz CT molecular complexity index is 1780. The second kappa shape index (κ2) is 11.5. The van der Waals surface area contributed by atoms with Gasteiger partial charge in [-0.1, -0.05) is 42.5 Å². The highest BCUT2D eigenvalue weighted by Crippen LogP contribution is 2.34. The number of nitrogens with one attached hydrogen (secondary N) is 2. The van der Waals surface area contributed by atoms with Crippen molar-refractivity contribution in [2.45, 2.75) is 115 Å². The SMILES string of the molecule is CC1(C)CC(OC(=O)c2ccc3ccc(-c4ccc5c(C(=O)OC6CC(C)(C)NC(C)(C)C6)cccc5c4)cc3c2)CC(C)(C)N1. The standard InChI is InChI=1S/C40H48N2O4/c1-37(2)21-31(22-38(3,4)41-37)45-35(43)29-15-13-25-12-14-26(19-30(25)20-29)27-16-17-33-28(18-27)10-9-11-34(33)36(44)46-32-23-39(5,6)42-40(7,8)24-32/h9-20,31-32,41-42H,21-24H2,1-8H3. The number of piperidine rings is 2. The minimum atomic E-state index is -0.285. The summed E-state index contributed by atoms with van der Waals surface area (Å²) in [4.78, 5) is 26.7. The fraction of sp³-hybridized carbons (Fsp3) is 0.450. The second-order valence-electron chi connectivity index (χ2n) is 16.2. The lowest BCUT2D eigenvalue weighted by Crippen LogP contribution is -2.59. The van der Waals surface area contributed by atoms with Gasteiger partial charge < -0.3 is 20.1 Å². The maximum Gasteiger partial charge on any atom is 0.339 e. The average molecular weight is 621 g/mol. The third-order valence-electron chi connectivity index (χ3n) is 9.36. The van der Waals surface area contributed by atoms with Crippen LogP contribution in [0.15, 0.2) is 72.8 Å². The Morgan fingerprint density at radius 2 is 1.07 bits per heavy atom. The first-order valence-corrected chi connectivity index (χ1v) is 16.5. The molecule has 0 spiro atoms. The number of ether oxygens (including phenoxy) is 2. The summed E-state index contributed by atoms with van der Waals surface area (Å²) in [6.07, 6.45) is 2.80. The van der Waals surface area contributed by atoms with Crippen molar-refractivity contribution in [3.05, 3.63) is 83.9 Å². The zero-order chi connectivity index (χ0) is 33.1. The summed E-state index contributed by atoms with van der Waals surface area (Å²) in [6, 6.07) is 24.0. The van der Waals surface area contributed by atoms with Crippen molar-refractivity contribution in [2.75, 3.05) is 0 Å². The maximum atomic E-state index is 13.4. The number of hydrogen-bond acceptors (Lipinski definition) is 6. The van der Waals surface area contributed by atoms with Crippen LogP contribution in [0.3, 0.4) is 0 Å². The minimum Gasteiger partial charge on any atom is -0.459 e. The van der Waals surface area contributed by atoms with Crippen LogP contribution < -0.4 is 10.6 Å². The van der Waals surface area contributed by atoms with Crippen LogP contribution in [0.2, 0.25) is 0 Å². The van der Waals surface area contributed by atoms with Crippen molar-refractivity contribution in [1.29, 1.82) is 0 Å². The topological polar surface area (TPSA) is 76.7 Å². The number of esters is 2. The minimum absolute atomic E-state index is 0.104. The number of hydrogen-bond donors (Lipinski definition) is 2. The van der Waals surface area contributed by atoms with E-state index in [4.69, 9.17) is 9.47 Å². The van der Waals surface area contributed by atoms with E-state index in [-0.39, 0.29) is 46.3 Å². The molecule has 2 aliphatic rings. The van der Waals surface area contributed by atoms with E-state index >= 15 is 0 Å². The molecule has 6 nitrogen and oxygen atoms in total. The van der Waals surface area contributed by atoms with Crippen molar-refractivity contribution in [2.24, 2.45) is 0 Å². The van der Waals surface area contributed by atoms with Crippen LogP contribution in [0.1, 0.15) is 102 Å². The van der Waals surface area contributed by atoms with Gasteiger partial charge in [0.15, 0.2) is 0 Å². The van der Waals surface area contributed by atoms with Crippen LogP contribution in [-0.2, 0) is 9.47 Å². The van der Waals surface area contributed by atoms with E-state index in [0.717, 1.165) is 58.4 Å². The lowest BCUT2D eigenvalue weighted by Gasteiger charge is -2.45. The van der Waals surface area contributed by atoms with Gasteiger partial charge >= 0.3 is 11.9 Å². The van der Waals surface area contributed by atoms with Crippen LogP contribution in [-0.4, -0.2) is 46.3 Å². The summed E-state index contributed by atoms with van der Waals surface area (Å²) in [5, 5.41) is 11.2. The van der Waals surface area contributed by atoms with Crippen molar-refractivity contribution in [1.82, 2.24) is 10.6 Å². The smallest absolute Gasteiger partial charge is 0.339 e. The molecule has 2 heterocycles. The van der Waals surface area contributed by atoms with Gasteiger partial charge in [-0.15, -0.1) is 0 Å². The van der Waals surface area contributed by atoms with E-state index in [1.165, 1.54) is 0 Å². The first-order chi connectivity index (χ1) is 21.5. The van der Waals surface area contributed by atoms with Gasteiger partial charge in [0.2, 0.25) is 0 Å². The average Bonchev–Trinajstić information content (AvgIpc) is 2.92. The molecule has 2 saturated heterocycles. The number of fused-ring (bicyclic) bond motifs is 2. The van der Waals surface area contributed by atoms with E-state index in [1.54, 1.807) is 0 Å². The molecule has 0 aromatic heterocycles. The Labute approximate surface area is 273 Å². The first kappa shape index (κ1) is 32.2. The molecule has 0 saturated carbocycles. The van der Waals surface area contributed by atoms with Gasteiger partial charge in [-0.2, -0.15) is 0 Å². The predicted octanol–water partition coefficient (Wildman–Crippen LogP) is 8.59. The summed E-state index contributed by atoms with van der Waals surface area (Å²) in [6.45, 7) is 17.2. The Balaban J connectivity index is 1.22.